The zero-order chi connectivity index (χ0) is 22.5. The number of hydrogen-bond donors (Lipinski definition) is 1. The van der Waals surface area contributed by atoms with Gasteiger partial charge in [-0.1, -0.05) is 65.0 Å². The lowest BCUT2D eigenvalue weighted by atomic mass is 9.93. The Labute approximate surface area is 185 Å². The van der Waals surface area contributed by atoms with Crippen molar-refractivity contribution >= 4 is 16.9 Å². The van der Waals surface area contributed by atoms with Gasteiger partial charge < -0.3 is 0 Å². The Hall–Kier alpha value is -2.13. The summed E-state index contributed by atoms with van der Waals surface area (Å²) in [5.74, 6) is -0.501. The van der Waals surface area contributed by atoms with E-state index in [1.807, 2.05) is 32.0 Å². The lowest BCUT2D eigenvalue weighted by Crippen LogP contribution is -2.24. The van der Waals surface area contributed by atoms with Crippen molar-refractivity contribution in [1.82, 2.24) is 4.90 Å². The van der Waals surface area contributed by atoms with Gasteiger partial charge in [-0.25, -0.2) is 4.39 Å². The highest BCUT2D eigenvalue weighted by Gasteiger charge is 2.17. The van der Waals surface area contributed by atoms with Crippen LogP contribution in [0.3, 0.4) is 0 Å². The molecular weight excluding hydrogens is 393 g/mol. The van der Waals surface area contributed by atoms with Crippen LogP contribution >= 0.6 is 11.9 Å². The standard InChI is InChI=1S/C23H28FN3S.C2H6/c1-4-8-22(28-26)23-19(16-27(6-3)13-5-2)9-7-10-20(23)17-11-12-18(15-25)21(24)14-17;1-2/h7-12,14H,4-6,13,16,26H2,1-3H3;1-2H3/b22-8-;. The Morgan fingerprint density at radius 1 is 1.20 bits per heavy atom. The average molecular weight is 428 g/mol. The fourth-order valence-corrected chi connectivity index (χ4v) is 3.96. The van der Waals surface area contributed by atoms with Gasteiger partial charge in [0.25, 0.3) is 0 Å². The molecule has 2 rings (SSSR count). The predicted octanol–water partition coefficient (Wildman–Crippen LogP) is 6.98. The fraction of sp³-hybridized carbons (Fsp3) is 0.400. The number of nitrogens with zero attached hydrogens (tertiary/aromatic N) is 2. The molecule has 2 aromatic rings. The highest BCUT2D eigenvalue weighted by atomic mass is 32.2. The van der Waals surface area contributed by atoms with E-state index in [1.165, 1.54) is 29.6 Å². The molecule has 5 heteroatoms. The summed E-state index contributed by atoms with van der Waals surface area (Å²) in [5, 5.41) is 15.0. The van der Waals surface area contributed by atoms with Crippen molar-refractivity contribution in [2.45, 2.75) is 54.0 Å². The first-order valence-corrected chi connectivity index (χ1v) is 11.6. The molecule has 2 N–H and O–H groups in total. The number of hydrogen-bond acceptors (Lipinski definition) is 4. The van der Waals surface area contributed by atoms with E-state index in [4.69, 9.17) is 10.4 Å². The van der Waals surface area contributed by atoms with Gasteiger partial charge in [0.1, 0.15) is 11.9 Å². The zero-order valence-electron chi connectivity index (χ0n) is 18.8. The van der Waals surface area contributed by atoms with Gasteiger partial charge >= 0.3 is 0 Å². The third-order valence-electron chi connectivity index (χ3n) is 4.70. The number of allylic oxidation sites excluding steroid dienone is 1. The first-order chi connectivity index (χ1) is 14.6. The molecule has 0 radical (unpaired) electrons. The molecule has 30 heavy (non-hydrogen) atoms. The second kappa shape index (κ2) is 14.0. The molecule has 0 unspecified atom stereocenters. The number of nitriles is 1. The van der Waals surface area contributed by atoms with Gasteiger partial charge in [0.05, 0.1) is 5.56 Å². The van der Waals surface area contributed by atoms with Gasteiger partial charge in [-0.05, 0) is 66.7 Å². The first kappa shape index (κ1) is 25.9. The topological polar surface area (TPSA) is 53.0 Å². The summed E-state index contributed by atoms with van der Waals surface area (Å²) in [6, 6.07) is 12.8. The lowest BCUT2D eigenvalue weighted by Gasteiger charge is -2.23. The Bertz CT molecular complexity index is 871. The third-order valence-corrected chi connectivity index (χ3v) is 5.32. The maximum atomic E-state index is 14.3. The van der Waals surface area contributed by atoms with Crippen molar-refractivity contribution in [1.29, 1.82) is 5.26 Å². The second-order valence-electron chi connectivity index (χ2n) is 6.61. The molecule has 0 amide bonds. The SMILES string of the molecule is CC.CC/C=C(\SN)c1c(CN(CC)CCC)cccc1-c1ccc(C#N)c(F)c1. The summed E-state index contributed by atoms with van der Waals surface area (Å²) in [6.45, 7) is 13.2. The number of rotatable bonds is 9. The fourth-order valence-electron chi connectivity index (χ4n) is 3.34. The highest BCUT2D eigenvalue weighted by Crippen LogP contribution is 2.37. The largest absolute Gasteiger partial charge is 0.299 e. The van der Waals surface area contributed by atoms with Crippen LogP contribution in [0.1, 0.15) is 64.2 Å². The van der Waals surface area contributed by atoms with Crippen molar-refractivity contribution in [2.75, 3.05) is 13.1 Å². The van der Waals surface area contributed by atoms with Crippen molar-refractivity contribution in [3.8, 4) is 17.2 Å². The smallest absolute Gasteiger partial charge is 0.141 e. The Kier molecular flexibility index (Phi) is 12.1. The van der Waals surface area contributed by atoms with Gasteiger partial charge in [-0.15, -0.1) is 0 Å². The Morgan fingerprint density at radius 2 is 1.93 bits per heavy atom. The maximum Gasteiger partial charge on any atom is 0.141 e. The predicted molar refractivity (Wildman–Crippen MR) is 129 cm³/mol. The van der Waals surface area contributed by atoms with E-state index in [1.54, 1.807) is 6.07 Å². The summed E-state index contributed by atoms with van der Waals surface area (Å²) in [6.07, 6.45) is 4.07. The van der Waals surface area contributed by atoms with Gasteiger partial charge in [-0.2, -0.15) is 5.26 Å². The first-order valence-electron chi connectivity index (χ1n) is 10.7. The van der Waals surface area contributed by atoms with E-state index in [-0.39, 0.29) is 5.56 Å². The molecule has 0 saturated carbocycles. The molecule has 0 bridgehead atoms. The van der Waals surface area contributed by atoms with Crippen LogP contribution < -0.4 is 5.14 Å². The van der Waals surface area contributed by atoms with Crippen LogP contribution in [0.15, 0.2) is 42.5 Å². The van der Waals surface area contributed by atoms with E-state index in [0.29, 0.717) is 0 Å². The maximum absolute atomic E-state index is 14.3. The van der Waals surface area contributed by atoms with E-state index in [9.17, 15) is 4.39 Å². The minimum absolute atomic E-state index is 0.0547. The lowest BCUT2D eigenvalue weighted by molar-refractivity contribution is 0.280. The molecule has 0 aliphatic rings. The highest BCUT2D eigenvalue weighted by molar-refractivity contribution is 8.06. The van der Waals surface area contributed by atoms with Crippen LogP contribution in [0.4, 0.5) is 4.39 Å². The van der Waals surface area contributed by atoms with Crippen molar-refractivity contribution in [2.24, 2.45) is 5.14 Å². The van der Waals surface area contributed by atoms with Crippen molar-refractivity contribution in [3.05, 3.63) is 65.0 Å². The van der Waals surface area contributed by atoms with Gasteiger partial charge in [0.2, 0.25) is 0 Å². The van der Waals surface area contributed by atoms with Gasteiger partial charge in [0.15, 0.2) is 0 Å². The van der Waals surface area contributed by atoms with Crippen molar-refractivity contribution in [3.63, 3.8) is 0 Å². The van der Waals surface area contributed by atoms with Gasteiger partial charge in [0, 0.05) is 17.0 Å². The molecule has 0 fully saturated rings. The monoisotopic (exact) mass is 427 g/mol. The van der Waals surface area contributed by atoms with E-state index >= 15 is 0 Å². The summed E-state index contributed by atoms with van der Waals surface area (Å²) < 4.78 is 14.3. The molecule has 162 valence electrons. The molecular formula is C25H34FN3S. The minimum atomic E-state index is -0.501. The number of nitrogens with two attached hydrogens (primary N) is 1. The summed E-state index contributed by atoms with van der Waals surface area (Å²) >= 11 is 1.23. The molecule has 0 spiro atoms. The van der Waals surface area contributed by atoms with E-state index in [0.717, 1.165) is 54.1 Å². The van der Waals surface area contributed by atoms with Crippen LogP contribution in [-0.2, 0) is 6.54 Å². The number of halogens is 1. The molecule has 0 atom stereocenters. The Morgan fingerprint density at radius 3 is 2.47 bits per heavy atom. The summed E-state index contributed by atoms with van der Waals surface area (Å²) in [7, 11) is 0. The second-order valence-corrected chi connectivity index (χ2v) is 7.28. The minimum Gasteiger partial charge on any atom is -0.299 e. The molecule has 0 aromatic heterocycles. The van der Waals surface area contributed by atoms with Crippen LogP contribution in [0, 0.1) is 17.1 Å². The molecule has 2 aromatic carbocycles. The zero-order valence-corrected chi connectivity index (χ0v) is 19.7. The molecule has 3 nitrogen and oxygen atoms in total. The third kappa shape index (κ3) is 6.70. The molecule has 0 aliphatic carbocycles. The summed E-state index contributed by atoms with van der Waals surface area (Å²) in [5.41, 5.74) is 3.97. The van der Waals surface area contributed by atoms with E-state index < -0.39 is 5.82 Å². The van der Waals surface area contributed by atoms with Crippen LogP contribution in [0.2, 0.25) is 0 Å². The molecule has 0 heterocycles. The van der Waals surface area contributed by atoms with E-state index in [2.05, 4.69) is 37.8 Å². The quantitative estimate of drug-likeness (QED) is 0.439. The normalized spacial score (nSPS) is 11.1. The molecule has 0 aliphatic heterocycles. The Balaban J connectivity index is 0.00000218. The average Bonchev–Trinajstić information content (AvgIpc) is 2.78. The van der Waals surface area contributed by atoms with Crippen LogP contribution in [-0.4, -0.2) is 18.0 Å². The van der Waals surface area contributed by atoms with Crippen LogP contribution in [0.25, 0.3) is 16.0 Å². The van der Waals surface area contributed by atoms with Crippen LogP contribution in [0.5, 0.6) is 0 Å². The summed E-state index contributed by atoms with van der Waals surface area (Å²) in [4.78, 5) is 3.39. The molecule has 0 saturated heterocycles. The van der Waals surface area contributed by atoms with Crippen molar-refractivity contribution < 1.29 is 4.39 Å². The van der Waals surface area contributed by atoms with Gasteiger partial charge in [-0.3, -0.25) is 10.0 Å². The number of benzene rings is 2.